The van der Waals surface area contributed by atoms with E-state index in [4.69, 9.17) is 4.74 Å². The number of hydrogen-bond donors (Lipinski definition) is 1. The first-order valence-electron chi connectivity index (χ1n) is 7.98. The first kappa shape index (κ1) is 15.5. The van der Waals surface area contributed by atoms with Gasteiger partial charge in [-0.05, 0) is 50.0 Å². The van der Waals surface area contributed by atoms with Crippen LogP contribution in [0.2, 0.25) is 0 Å². The Kier molecular flexibility index (Phi) is 4.07. The van der Waals surface area contributed by atoms with Gasteiger partial charge in [0.25, 0.3) is 0 Å². The molecular weight excluding hydrogens is 296 g/mol. The molecule has 6 heteroatoms. The molecule has 1 aliphatic carbocycles. The molecule has 122 valence electrons. The molecule has 1 spiro atoms. The lowest BCUT2D eigenvalue weighted by Gasteiger charge is -2.34. The average molecular weight is 316 g/mol. The van der Waals surface area contributed by atoms with E-state index in [1.54, 1.807) is 18.2 Å². The van der Waals surface area contributed by atoms with Crippen molar-refractivity contribution in [2.24, 2.45) is 0 Å². The van der Waals surface area contributed by atoms with Crippen molar-refractivity contribution in [3.05, 3.63) is 33.9 Å². The third-order valence-corrected chi connectivity index (χ3v) is 4.49. The molecule has 23 heavy (non-hydrogen) atoms. The lowest BCUT2D eigenvalue weighted by Crippen LogP contribution is -2.35. The van der Waals surface area contributed by atoms with Gasteiger partial charge in [-0.1, -0.05) is 12.8 Å². The molecule has 1 aromatic rings. The fourth-order valence-corrected chi connectivity index (χ4v) is 3.41. The molecule has 0 atom stereocenters. The summed E-state index contributed by atoms with van der Waals surface area (Å²) in [4.78, 5) is 22.2. The first-order chi connectivity index (χ1) is 11.0. The zero-order chi connectivity index (χ0) is 16.4. The normalized spacial score (nSPS) is 18.7. The van der Waals surface area contributed by atoms with Crippen molar-refractivity contribution in [1.82, 2.24) is 0 Å². The van der Waals surface area contributed by atoms with E-state index in [2.05, 4.69) is 5.32 Å². The summed E-state index contributed by atoms with van der Waals surface area (Å²) in [7, 11) is 0. The number of nitrogens with one attached hydrogen (secondary N) is 1. The fourth-order valence-electron chi connectivity index (χ4n) is 3.41. The standard InChI is InChI=1S/C17H20N2O4/c1-12(20)18-14-6-7-15-13(16(14)19(21)22)8-11-17(23-15)9-4-2-3-5-10-17/h6-8,11H,2-5,9-10H2,1H3,(H,18,20). The van der Waals surface area contributed by atoms with Gasteiger partial charge in [0.2, 0.25) is 5.91 Å². The molecule has 6 nitrogen and oxygen atoms in total. The molecule has 3 rings (SSSR count). The monoisotopic (exact) mass is 316 g/mol. The molecule has 1 aliphatic heterocycles. The molecule has 0 saturated heterocycles. The molecule has 0 bridgehead atoms. The van der Waals surface area contributed by atoms with Gasteiger partial charge in [0.05, 0.1) is 10.5 Å². The van der Waals surface area contributed by atoms with Gasteiger partial charge in [-0.15, -0.1) is 0 Å². The number of carbonyl (C=O) groups excluding carboxylic acids is 1. The van der Waals surface area contributed by atoms with Gasteiger partial charge in [-0.3, -0.25) is 14.9 Å². The van der Waals surface area contributed by atoms with Gasteiger partial charge in [-0.2, -0.15) is 0 Å². The average Bonchev–Trinajstić information content (AvgIpc) is 2.72. The number of nitro groups is 1. The third kappa shape index (κ3) is 3.06. The van der Waals surface area contributed by atoms with Crippen molar-refractivity contribution in [2.75, 3.05) is 5.32 Å². The van der Waals surface area contributed by atoms with E-state index in [9.17, 15) is 14.9 Å². The molecule has 0 unspecified atom stereocenters. The van der Waals surface area contributed by atoms with E-state index in [0.717, 1.165) is 25.7 Å². The second kappa shape index (κ2) is 6.02. The summed E-state index contributed by atoms with van der Waals surface area (Å²) in [5, 5.41) is 14.0. The number of rotatable bonds is 2. The van der Waals surface area contributed by atoms with Gasteiger partial charge < -0.3 is 10.1 Å². The summed E-state index contributed by atoms with van der Waals surface area (Å²) in [5.74, 6) is 0.184. The fraction of sp³-hybridized carbons (Fsp3) is 0.471. The van der Waals surface area contributed by atoms with Crippen LogP contribution in [0.1, 0.15) is 51.0 Å². The molecule has 0 radical (unpaired) electrons. The Hall–Kier alpha value is -2.37. The smallest absolute Gasteiger partial charge is 0.303 e. The molecule has 1 aromatic carbocycles. The Labute approximate surface area is 134 Å². The van der Waals surface area contributed by atoms with Crippen LogP contribution in [0.3, 0.4) is 0 Å². The molecule has 1 amide bonds. The summed E-state index contributed by atoms with van der Waals surface area (Å²) in [6, 6.07) is 3.26. The maximum absolute atomic E-state index is 11.5. The minimum atomic E-state index is -0.469. The number of anilines is 1. The summed E-state index contributed by atoms with van der Waals surface area (Å²) in [6.45, 7) is 1.33. The topological polar surface area (TPSA) is 81.5 Å². The minimum absolute atomic E-state index is 0.113. The number of nitrogens with zero attached hydrogens (tertiary/aromatic N) is 1. The van der Waals surface area contributed by atoms with Crippen LogP contribution in [0.15, 0.2) is 18.2 Å². The predicted molar refractivity (Wildman–Crippen MR) is 87.5 cm³/mol. The van der Waals surface area contributed by atoms with E-state index in [0.29, 0.717) is 11.3 Å². The highest BCUT2D eigenvalue weighted by molar-refractivity contribution is 5.93. The van der Waals surface area contributed by atoms with Crippen molar-refractivity contribution in [1.29, 1.82) is 0 Å². The Morgan fingerprint density at radius 1 is 1.26 bits per heavy atom. The lowest BCUT2D eigenvalue weighted by molar-refractivity contribution is -0.384. The molecule has 1 N–H and O–H groups in total. The zero-order valence-electron chi connectivity index (χ0n) is 13.1. The highest BCUT2D eigenvalue weighted by Gasteiger charge is 2.36. The molecule has 1 fully saturated rings. The molecule has 1 heterocycles. The number of amides is 1. The van der Waals surface area contributed by atoms with E-state index in [1.807, 2.05) is 6.08 Å². The molecular formula is C17H20N2O4. The largest absolute Gasteiger partial charge is 0.482 e. The quantitative estimate of drug-likeness (QED) is 0.659. The van der Waals surface area contributed by atoms with Crippen LogP contribution in [-0.2, 0) is 4.79 Å². The van der Waals surface area contributed by atoms with Crippen molar-refractivity contribution in [3.63, 3.8) is 0 Å². The van der Waals surface area contributed by atoms with Gasteiger partial charge >= 0.3 is 5.69 Å². The van der Waals surface area contributed by atoms with Crippen molar-refractivity contribution < 1.29 is 14.5 Å². The summed E-state index contributed by atoms with van der Waals surface area (Å²) < 4.78 is 6.19. The maximum Gasteiger partial charge on any atom is 0.303 e. The SMILES string of the molecule is CC(=O)Nc1ccc2c(c1[N+](=O)[O-])C=CC1(CCCCCC1)O2. The van der Waals surface area contributed by atoms with Crippen LogP contribution in [0, 0.1) is 10.1 Å². The number of fused-ring (bicyclic) bond motifs is 1. The van der Waals surface area contributed by atoms with E-state index in [1.165, 1.54) is 19.8 Å². The number of nitro benzene ring substituents is 1. The van der Waals surface area contributed by atoms with Crippen LogP contribution in [-0.4, -0.2) is 16.4 Å². The van der Waals surface area contributed by atoms with Crippen LogP contribution in [0.4, 0.5) is 11.4 Å². The van der Waals surface area contributed by atoms with Crippen molar-refractivity contribution >= 4 is 23.4 Å². The number of benzene rings is 1. The first-order valence-corrected chi connectivity index (χ1v) is 7.98. The second-order valence-corrected chi connectivity index (χ2v) is 6.23. The van der Waals surface area contributed by atoms with Crippen LogP contribution >= 0.6 is 0 Å². The molecule has 1 saturated carbocycles. The summed E-state index contributed by atoms with van der Waals surface area (Å²) in [5.41, 5.74) is 0.173. The van der Waals surface area contributed by atoms with E-state index in [-0.39, 0.29) is 22.9 Å². The van der Waals surface area contributed by atoms with Gasteiger partial charge in [0, 0.05) is 6.92 Å². The highest BCUT2D eigenvalue weighted by atomic mass is 16.6. The molecule has 2 aliphatic rings. The summed E-state index contributed by atoms with van der Waals surface area (Å²) in [6.07, 6.45) is 10.2. The van der Waals surface area contributed by atoms with Crippen molar-refractivity contribution in [2.45, 2.75) is 51.0 Å². The van der Waals surface area contributed by atoms with Gasteiger partial charge in [-0.25, -0.2) is 0 Å². The number of ether oxygens (including phenoxy) is 1. The predicted octanol–water partition coefficient (Wildman–Crippen LogP) is 4.05. The van der Waals surface area contributed by atoms with Gasteiger partial charge in [0.15, 0.2) is 0 Å². The van der Waals surface area contributed by atoms with Crippen LogP contribution < -0.4 is 10.1 Å². The Morgan fingerprint density at radius 2 is 1.96 bits per heavy atom. The van der Waals surface area contributed by atoms with Crippen LogP contribution in [0.5, 0.6) is 5.75 Å². The lowest BCUT2D eigenvalue weighted by atomic mass is 9.90. The number of carbonyl (C=O) groups is 1. The molecule has 0 aromatic heterocycles. The number of hydrogen-bond acceptors (Lipinski definition) is 4. The summed E-state index contributed by atoms with van der Waals surface area (Å²) >= 11 is 0. The zero-order valence-corrected chi connectivity index (χ0v) is 13.1. The third-order valence-electron chi connectivity index (χ3n) is 4.49. The highest BCUT2D eigenvalue weighted by Crippen LogP contribution is 2.44. The van der Waals surface area contributed by atoms with Crippen molar-refractivity contribution in [3.8, 4) is 5.75 Å². The maximum atomic E-state index is 11.5. The van der Waals surface area contributed by atoms with E-state index < -0.39 is 4.92 Å². The van der Waals surface area contributed by atoms with E-state index >= 15 is 0 Å². The Morgan fingerprint density at radius 3 is 2.57 bits per heavy atom. The second-order valence-electron chi connectivity index (χ2n) is 6.23. The van der Waals surface area contributed by atoms with Gasteiger partial charge in [0.1, 0.15) is 17.0 Å². The Balaban J connectivity index is 2.01. The Bertz CT molecular complexity index is 673. The van der Waals surface area contributed by atoms with Crippen LogP contribution in [0.25, 0.3) is 6.08 Å². The minimum Gasteiger partial charge on any atom is -0.482 e.